The zero-order valence-electron chi connectivity index (χ0n) is 10.0. The van der Waals surface area contributed by atoms with Crippen LogP contribution in [-0.2, 0) is 4.79 Å². The molecular formula is C11H24ClNO2. The molecule has 0 spiro atoms. The van der Waals surface area contributed by atoms with Gasteiger partial charge in [-0.15, -0.1) is 11.6 Å². The zero-order chi connectivity index (χ0) is 12.3. The summed E-state index contributed by atoms with van der Waals surface area (Å²) in [5, 5.41) is 8.31. The summed E-state index contributed by atoms with van der Waals surface area (Å²) in [6, 6.07) is -0.690. The number of carboxylic acids is 1. The topological polar surface area (TPSA) is 63.3 Å². The van der Waals surface area contributed by atoms with Crippen LogP contribution in [0.2, 0.25) is 0 Å². The van der Waals surface area contributed by atoms with E-state index in [1.54, 1.807) is 0 Å². The number of halogens is 1. The van der Waals surface area contributed by atoms with E-state index in [0.29, 0.717) is 12.3 Å². The summed E-state index contributed by atoms with van der Waals surface area (Å²) < 4.78 is 0. The van der Waals surface area contributed by atoms with Crippen molar-refractivity contribution in [1.82, 2.24) is 0 Å². The summed E-state index contributed by atoms with van der Waals surface area (Å²) in [6.45, 7) is 6.07. The number of hydrogen-bond donors (Lipinski definition) is 2. The Balaban J connectivity index is 0. The fraction of sp³-hybridized carbons (Fsp3) is 0.909. The largest absolute Gasteiger partial charge is 0.480 e. The van der Waals surface area contributed by atoms with Crippen LogP contribution in [0.3, 0.4) is 0 Å². The molecule has 0 heterocycles. The lowest BCUT2D eigenvalue weighted by atomic mass is 10.1. The molecule has 0 aliphatic carbocycles. The van der Waals surface area contributed by atoms with E-state index in [2.05, 4.69) is 6.92 Å². The number of hydrogen-bond acceptors (Lipinski definition) is 2. The van der Waals surface area contributed by atoms with Crippen LogP contribution in [0.5, 0.6) is 0 Å². The minimum absolute atomic E-state index is 0.357. The minimum Gasteiger partial charge on any atom is -0.480 e. The SMILES string of the molecule is CC(C)CC(N)C(=O)O.CCCCCCl. The first kappa shape index (κ1) is 17.1. The number of aliphatic carboxylic acids is 1. The van der Waals surface area contributed by atoms with Crippen molar-refractivity contribution in [1.29, 1.82) is 0 Å². The Kier molecular flexibility index (Phi) is 13.5. The first-order valence-electron chi connectivity index (χ1n) is 5.50. The van der Waals surface area contributed by atoms with Crippen LogP contribution in [0.15, 0.2) is 0 Å². The molecule has 0 bridgehead atoms. The smallest absolute Gasteiger partial charge is 0.320 e. The maximum absolute atomic E-state index is 10.1. The van der Waals surface area contributed by atoms with Crippen molar-refractivity contribution in [2.75, 3.05) is 5.88 Å². The van der Waals surface area contributed by atoms with Crippen molar-refractivity contribution in [3.05, 3.63) is 0 Å². The van der Waals surface area contributed by atoms with Gasteiger partial charge in [0.05, 0.1) is 0 Å². The van der Waals surface area contributed by atoms with Crippen molar-refractivity contribution < 1.29 is 9.90 Å². The average molecular weight is 238 g/mol. The van der Waals surface area contributed by atoms with Crippen LogP contribution in [0.1, 0.15) is 46.5 Å². The molecular weight excluding hydrogens is 214 g/mol. The van der Waals surface area contributed by atoms with Crippen LogP contribution in [0.25, 0.3) is 0 Å². The van der Waals surface area contributed by atoms with Crippen LogP contribution < -0.4 is 5.73 Å². The highest BCUT2D eigenvalue weighted by atomic mass is 35.5. The molecule has 0 aliphatic rings. The highest BCUT2D eigenvalue weighted by molar-refractivity contribution is 6.17. The van der Waals surface area contributed by atoms with Gasteiger partial charge in [-0.2, -0.15) is 0 Å². The molecule has 0 aromatic rings. The predicted octanol–water partition coefficient (Wildman–Crippen LogP) is 2.86. The molecule has 0 rings (SSSR count). The molecule has 3 N–H and O–H groups in total. The summed E-state index contributed by atoms with van der Waals surface area (Å²) in [5.74, 6) is 0.271. The van der Waals surface area contributed by atoms with E-state index in [-0.39, 0.29) is 0 Å². The Morgan fingerprint density at radius 3 is 2.07 bits per heavy atom. The number of nitrogens with two attached hydrogens (primary N) is 1. The molecule has 0 fully saturated rings. The summed E-state index contributed by atoms with van der Waals surface area (Å²) in [4.78, 5) is 10.1. The number of carbonyl (C=O) groups is 1. The van der Waals surface area contributed by atoms with E-state index in [1.807, 2.05) is 13.8 Å². The normalized spacial score (nSPS) is 11.9. The maximum Gasteiger partial charge on any atom is 0.320 e. The second kappa shape index (κ2) is 11.8. The van der Waals surface area contributed by atoms with Gasteiger partial charge in [-0.1, -0.05) is 33.6 Å². The van der Waals surface area contributed by atoms with E-state index >= 15 is 0 Å². The Hall–Kier alpha value is -0.280. The molecule has 0 saturated carbocycles. The van der Waals surface area contributed by atoms with Gasteiger partial charge < -0.3 is 10.8 Å². The monoisotopic (exact) mass is 237 g/mol. The van der Waals surface area contributed by atoms with E-state index < -0.39 is 12.0 Å². The predicted molar refractivity (Wildman–Crippen MR) is 65.3 cm³/mol. The number of alkyl halides is 1. The molecule has 92 valence electrons. The zero-order valence-corrected chi connectivity index (χ0v) is 10.8. The highest BCUT2D eigenvalue weighted by Gasteiger charge is 2.11. The number of unbranched alkanes of at least 4 members (excludes halogenated alkanes) is 2. The third kappa shape index (κ3) is 16.4. The fourth-order valence-electron chi connectivity index (χ4n) is 0.953. The molecule has 15 heavy (non-hydrogen) atoms. The quantitative estimate of drug-likeness (QED) is 0.552. The van der Waals surface area contributed by atoms with Crippen LogP contribution >= 0.6 is 11.6 Å². The second-order valence-electron chi connectivity index (χ2n) is 3.97. The van der Waals surface area contributed by atoms with Crippen molar-refractivity contribution in [3.63, 3.8) is 0 Å². The Labute approximate surface area is 98.0 Å². The summed E-state index contributed by atoms with van der Waals surface area (Å²) >= 11 is 5.38. The van der Waals surface area contributed by atoms with Gasteiger partial charge in [-0.25, -0.2) is 0 Å². The summed E-state index contributed by atoms with van der Waals surface area (Å²) in [6.07, 6.45) is 4.28. The standard InChI is InChI=1S/C6H13NO2.C5H11Cl/c1-4(2)3-5(7)6(8)9;1-2-3-4-5-6/h4-5H,3,7H2,1-2H3,(H,8,9);2-5H2,1H3. The molecule has 3 nitrogen and oxygen atoms in total. The molecule has 0 aliphatic heterocycles. The molecule has 4 heteroatoms. The van der Waals surface area contributed by atoms with Gasteiger partial charge in [0, 0.05) is 5.88 Å². The first-order chi connectivity index (χ1) is 6.95. The van der Waals surface area contributed by atoms with E-state index in [4.69, 9.17) is 22.4 Å². The lowest BCUT2D eigenvalue weighted by Gasteiger charge is -2.07. The lowest BCUT2D eigenvalue weighted by Crippen LogP contribution is -2.31. The number of rotatable bonds is 6. The Morgan fingerprint density at radius 2 is 1.93 bits per heavy atom. The molecule has 0 aromatic heterocycles. The average Bonchev–Trinajstić information content (AvgIpc) is 2.14. The van der Waals surface area contributed by atoms with Gasteiger partial charge in [0.1, 0.15) is 6.04 Å². The maximum atomic E-state index is 10.1. The summed E-state index contributed by atoms with van der Waals surface area (Å²) in [5.41, 5.74) is 5.22. The fourth-order valence-corrected chi connectivity index (χ4v) is 1.14. The van der Waals surface area contributed by atoms with Crippen LogP contribution in [0, 0.1) is 5.92 Å². The molecule has 1 unspecified atom stereocenters. The van der Waals surface area contributed by atoms with Crippen LogP contribution in [-0.4, -0.2) is 23.0 Å². The number of carboxylic acid groups (broad SMARTS) is 1. The minimum atomic E-state index is -0.913. The second-order valence-corrected chi connectivity index (χ2v) is 4.35. The van der Waals surface area contributed by atoms with Crippen molar-refractivity contribution >= 4 is 17.6 Å². The van der Waals surface area contributed by atoms with Gasteiger partial charge in [0.2, 0.25) is 0 Å². The lowest BCUT2D eigenvalue weighted by molar-refractivity contribution is -0.138. The van der Waals surface area contributed by atoms with Gasteiger partial charge in [0.25, 0.3) is 0 Å². The van der Waals surface area contributed by atoms with Crippen molar-refractivity contribution in [3.8, 4) is 0 Å². The van der Waals surface area contributed by atoms with E-state index in [1.165, 1.54) is 19.3 Å². The molecule has 0 aromatic carbocycles. The third-order valence-electron chi connectivity index (χ3n) is 1.78. The van der Waals surface area contributed by atoms with E-state index in [0.717, 1.165) is 5.88 Å². The first-order valence-corrected chi connectivity index (χ1v) is 6.03. The van der Waals surface area contributed by atoms with Gasteiger partial charge in [-0.3, -0.25) is 4.79 Å². The molecule has 0 amide bonds. The van der Waals surface area contributed by atoms with E-state index in [9.17, 15) is 4.79 Å². The third-order valence-corrected chi connectivity index (χ3v) is 2.05. The van der Waals surface area contributed by atoms with Crippen molar-refractivity contribution in [2.24, 2.45) is 11.7 Å². The van der Waals surface area contributed by atoms with Gasteiger partial charge in [0.15, 0.2) is 0 Å². The molecule has 0 radical (unpaired) electrons. The summed E-state index contributed by atoms with van der Waals surface area (Å²) in [7, 11) is 0. The molecule has 1 atom stereocenters. The highest BCUT2D eigenvalue weighted by Crippen LogP contribution is 2.01. The van der Waals surface area contributed by atoms with Gasteiger partial charge in [-0.05, 0) is 18.8 Å². The Morgan fingerprint density at radius 1 is 1.40 bits per heavy atom. The molecule has 0 saturated heterocycles. The van der Waals surface area contributed by atoms with Crippen LogP contribution in [0.4, 0.5) is 0 Å². The Bertz CT molecular complexity index is 148. The van der Waals surface area contributed by atoms with Gasteiger partial charge >= 0.3 is 5.97 Å². The van der Waals surface area contributed by atoms with Crippen molar-refractivity contribution in [2.45, 2.75) is 52.5 Å².